The highest BCUT2D eigenvalue weighted by molar-refractivity contribution is 7.92. The molecule has 0 unspecified atom stereocenters. The van der Waals surface area contributed by atoms with E-state index in [1.807, 2.05) is 50.2 Å². The molecule has 1 N–H and O–H groups in total. The molecule has 2 atom stereocenters. The number of anilines is 1. The Labute approximate surface area is 241 Å². The van der Waals surface area contributed by atoms with Crippen molar-refractivity contribution in [1.82, 2.24) is 10.2 Å². The number of hydrogen-bond donors (Lipinski definition) is 1. The zero-order chi connectivity index (χ0) is 29.3. The van der Waals surface area contributed by atoms with Gasteiger partial charge in [0.1, 0.15) is 18.3 Å². The molecular formula is C30H36ClN3O5S. The first-order valence-corrected chi connectivity index (χ1v) is 15.2. The molecule has 0 aliphatic rings. The maximum Gasteiger partial charge on any atom is 0.244 e. The second kappa shape index (κ2) is 14.2. The minimum absolute atomic E-state index is 0.0605. The quantitative estimate of drug-likeness (QED) is 0.314. The summed E-state index contributed by atoms with van der Waals surface area (Å²) in [5.41, 5.74) is 1.89. The van der Waals surface area contributed by atoms with Crippen LogP contribution in [0.25, 0.3) is 0 Å². The molecule has 0 aliphatic carbocycles. The van der Waals surface area contributed by atoms with E-state index in [1.54, 1.807) is 42.5 Å². The fraction of sp³-hybridized carbons (Fsp3) is 0.333. The van der Waals surface area contributed by atoms with E-state index in [-0.39, 0.29) is 24.9 Å². The molecule has 0 radical (unpaired) electrons. The molecule has 40 heavy (non-hydrogen) atoms. The number of hydrogen-bond acceptors (Lipinski definition) is 5. The van der Waals surface area contributed by atoms with Crippen molar-refractivity contribution in [1.29, 1.82) is 0 Å². The van der Waals surface area contributed by atoms with E-state index >= 15 is 0 Å². The van der Waals surface area contributed by atoms with Gasteiger partial charge in [0.05, 0.1) is 19.1 Å². The predicted molar refractivity (Wildman–Crippen MR) is 159 cm³/mol. The molecule has 8 nitrogen and oxygen atoms in total. The number of ether oxygens (including phenoxy) is 1. The summed E-state index contributed by atoms with van der Waals surface area (Å²) >= 11 is 6.24. The summed E-state index contributed by atoms with van der Waals surface area (Å²) in [6.07, 6.45) is 2.01. The lowest BCUT2D eigenvalue weighted by atomic mass is 10.0. The average molecular weight is 586 g/mol. The van der Waals surface area contributed by atoms with Crippen molar-refractivity contribution in [3.05, 3.63) is 95.0 Å². The smallest absolute Gasteiger partial charge is 0.244 e. The molecule has 0 spiro atoms. The van der Waals surface area contributed by atoms with Crippen molar-refractivity contribution in [2.75, 3.05) is 24.2 Å². The first-order valence-electron chi connectivity index (χ1n) is 13.0. The topological polar surface area (TPSA) is 96.0 Å². The van der Waals surface area contributed by atoms with Crippen LogP contribution in [0.2, 0.25) is 5.02 Å². The molecule has 0 aliphatic heterocycles. The Morgan fingerprint density at radius 2 is 1.62 bits per heavy atom. The molecule has 2 amide bonds. The van der Waals surface area contributed by atoms with E-state index in [0.717, 1.165) is 16.1 Å². The van der Waals surface area contributed by atoms with Gasteiger partial charge in [0, 0.05) is 24.0 Å². The monoisotopic (exact) mass is 585 g/mol. The van der Waals surface area contributed by atoms with Gasteiger partial charge in [0.25, 0.3) is 0 Å². The van der Waals surface area contributed by atoms with Crippen LogP contribution >= 0.6 is 11.6 Å². The number of nitrogens with zero attached hydrogens (tertiary/aromatic N) is 2. The number of amides is 2. The van der Waals surface area contributed by atoms with E-state index in [1.165, 1.54) is 12.0 Å². The van der Waals surface area contributed by atoms with Gasteiger partial charge < -0.3 is 15.0 Å². The molecular weight excluding hydrogens is 550 g/mol. The number of halogens is 1. The van der Waals surface area contributed by atoms with Gasteiger partial charge in [-0.3, -0.25) is 13.9 Å². The Hall–Kier alpha value is -3.56. The number of benzene rings is 3. The Bertz CT molecular complexity index is 1380. The third-order valence-electron chi connectivity index (χ3n) is 6.55. The molecule has 214 valence electrons. The fourth-order valence-electron chi connectivity index (χ4n) is 4.19. The summed E-state index contributed by atoms with van der Waals surface area (Å²) in [4.78, 5) is 29.2. The Kier molecular flexibility index (Phi) is 11.0. The number of carbonyl (C=O) groups is 2. The van der Waals surface area contributed by atoms with E-state index in [0.29, 0.717) is 28.4 Å². The maximum absolute atomic E-state index is 14.1. The molecule has 3 rings (SSSR count). The van der Waals surface area contributed by atoms with Crippen LogP contribution in [0.3, 0.4) is 0 Å². The summed E-state index contributed by atoms with van der Waals surface area (Å²) in [6.45, 7) is 3.43. The van der Waals surface area contributed by atoms with E-state index in [2.05, 4.69) is 5.32 Å². The van der Waals surface area contributed by atoms with Crippen molar-refractivity contribution in [3.8, 4) is 5.75 Å². The van der Waals surface area contributed by atoms with Crippen LogP contribution in [0.5, 0.6) is 5.75 Å². The zero-order valence-electron chi connectivity index (χ0n) is 23.2. The van der Waals surface area contributed by atoms with Crippen LogP contribution in [-0.2, 0) is 32.6 Å². The van der Waals surface area contributed by atoms with E-state index < -0.39 is 28.5 Å². The largest absolute Gasteiger partial charge is 0.497 e. The van der Waals surface area contributed by atoms with E-state index in [9.17, 15) is 18.0 Å². The summed E-state index contributed by atoms with van der Waals surface area (Å²) in [5.74, 6) is -0.291. The summed E-state index contributed by atoms with van der Waals surface area (Å²) in [5, 5.41) is 3.50. The average Bonchev–Trinajstić information content (AvgIpc) is 2.93. The van der Waals surface area contributed by atoms with Crippen molar-refractivity contribution < 1.29 is 22.7 Å². The van der Waals surface area contributed by atoms with Gasteiger partial charge in [-0.25, -0.2) is 8.42 Å². The molecule has 10 heteroatoms. The van der Waals surface area contributed by atoms with Gasteiger partial charge in [0.2, 0.25) is 21.8 Å². The molecule has 0 bridgehead atoms. The van der Waals surface area contributed by atoms with Crippen LogP contribution in [0, 0.1) is 0 Å². The zero-order valence-corrected chi connectivity index (χ0v) is 24.8. The minimum Gasteiger partial charge on any atom is -0.497 e. The number of rotatable bonds is 13. The van der Waals surface area contributed by atoms with Gasteiger partial charge in [-0.2, -0.15) is 0 Å². The highest BCUT2D eigenvalue weighted by atomic mass is 35.5. The van der Waals surface area contributed by atoms with Crippen molar-refractivity contribution in [3.63, 3.8) is 0 Å². The number of methoxy groups -OCH3 is 1. The highest BCUT2D eigenvalue weighted by Gasteiger charge is 2.33. The Morgan fingerprint density at radius 1 is 0.975 bits per heavy atom. The minimum atomic E-state index is -3.85. The van der Waals surface area contributed by atoms with Crippen molar-refractivity contribution in [2.24, 2.45) is 0 Å². The van der Waals surface area contributed by atoms with Crippen molar-refractivity contribution in [2.45, 2.75) is 45.3 Å². The van der Waals surface area contributed by atoms with Crippen LogP contribution in [0.4, 0.5) is 5.69 Å². The normalized spacial score (nSPS) is 12.7. The number of nitrogens with one attached hydrogen (secondary N) is 1. The van der Waals surface area contributed by atoms with Crippen LogP contribution in [0.1, 0.15) is 31.4 Å². The summed E-state index contributed by atoms with van der Waals surface area (Å²) < 4.78 is 31.9. The van der Waals surface area contributed by atoms with Crippen LogP contribution in [0.15, 0.2) is 78.9 Å². The molecule has 0 saturated carbocycles. The lowest BCUT2D eigenvalue weighted by molar-refractivity contribution is -0.140. The Morgan fingerprint density at radius 3 is 2.20 bits per heavy atom. The standard InChI is InChI=1S/C30H36ClN3O5S/c1-5-22(2)32-30(36)28(19-23-10-7-6-8-11-23)33(20-24-12-9-13-25(31)18-24)29(35)21-34(40(4,37)38)26-14-16-27(39-3)17-15-26/h6-18,22,28H,5,19-21H2,1-4H3,(H,32,36)/t22-,28+/m1/s1. The SMILES string of the molecule is CC[C@@H](C)NC(=O)[C@H](Cc1ccccc1)N(Cc1cccc(Cl)c1)C(=O)CN(c1ccc(OC)cc1)S(C)(=O)=O. The van der Waals surface area contributed by atoms with Crippen LogP contribution < -0.4 is 14.4 Å². The van der Waals surface area contributed by atoms with Crippen LogP contribution in [-0.4, -0.2) is 57.1 Å². The Balaban J connectivity index is 2.05. The van der Waals surface area contributed by atoms with Crippen molar-refractivity contribution >= 4 is 39.1 Å². The third-order valence-corrected chi connectivity index (χ3v) is 7.93. The van der Waals surface area contributed by atoms with Gasteiger partial charge in [-0.05, 0) is 60.9 Å². The molecule has 0 saturated heterocycles. The number of sulfonamides is 1. The van der Waals surface area contributed by atoms with Gasteiger partial charge in [0.15, 0.2) is 0 Å². The van der Waals surface area contributed by atoms with E-state index in [4.69, 9.17) is 16.3 Å². The molecule has 3 aromatic carbocycles. The molecule has 0 aromatic heterocycles. The first kappa shape index (κ1) is 31.0. The fourth-order valence-corrected chi connectivity index (χ4v) is 5.25. The predicted octanol–water partition coefficient (Wildman–Crippen LogP) is 4.67. The van der Waals surface area contributed by atoms with Gasteiger partial charge >= 0.3 is 0 Å². The molecule has 0 fully saturated rings. The third kappa shape index (κ3) is 8.72. The van der Waals surface area contributed by atoms with Gasteiger partial charge in [-0.1, -0.05) is 61.0 Å². The highest BCUT2D eigenvalue weighted by Crippen LogP contribution is 2.23. The second-order valence-corrected chi connectivity index (χ2v) is 12.0. The number of carbonyl (C=O) groups excluding carboxylic acids is 2. The maximum atomic E-state index is 14.1. The molecule has 0 heterocycles. The lowest BCUT2D eigenvalue weighted by Gasteiger charge is -2.34. The summed E-state index contributed by atoms with van der Waals surface area (Å²) in [6, 6.07) is 21.8. The lowest BCUT2D eigenvalue weighted by Crippen LogP contribution is -2.54. The summed E-state index contributed by atoms with van der Waals surface area (Å²) in [7, 11) is -2.34. The second-order valence-electron chi connectivity index (χ2n) is 9.64. The van der Waals surface area contributed by atoms with Gasteiger partial charge in [-0.15, -0.1) is 0 Å². The first-order chi connectivity index (χ1) is 19.0. The molecule has 3 aromatic rings.